The minimum atomic E-state index is -0.373. The third kappa shape index (κ3) is 4.05. The lowest BCUT2D eigenvalue weighted by molar-refractivity contribution is -0.00518. The molecule has 1 N–H and O–H groups in total. The Hall–Kier alpha value is -3.12. The molecule has 0 aliphatic heterocycles. The van der Waals surface area contributed by atoms with Crippen molar-refractivity contribution in [3.8, 4) is 5.69 Å². The quantitative estimate of drug-likeness (QED) is 0.196. The van der Waals surface area contributed by atoms with Crippen LogP contribution in [0.4, 0.5) is 0 Å². The highest BCUT2D eigenvalue weighted by Crippen LogP contribution is 2.60. The van der Waals surface area contributed by atoms with E-state index in [0.717, 1.165) is 44.6 Å². The number of rotatable bonds is 5. The Kier molecular flexibility index (Phi) is 5.66. The summed E-state index contributed by atoms with van der Waals surface area (Å²) in [5, 5.41) is 5.09. The van der Waals surface area contributed by atoms with Crippen molar-refractivity contribution >= 4 is 39.0 Å². The molecule has 0 atom stereocenters. The Balaban J connectivity index is 1.08. The molecule has 4 bridgehead atoms. The lowest BCUT2D eigenvalue weighted by atomic mass is 9.48. The molecule has 1 amide bonds. The first-order valence-corrected chi connectivity index (χ1v) is 14.5. The predicted molar refractivity (Wildman–Crippen MR) is 154 cm³/mol. The summed E-state index contributed by atoms with van der Waals surface area (Å²) in [6, 6.07) is 18.8. The molecule has 6 heteroatoms. The van der Waals surface area contributed by atoms with Crippen LogP contribution < -0.4 is 5.43 Å². The van der Waals surface area contributed by atoms with Gasteiger partial charge in [0.1, 0.15) is 5.58 Å². The fourth-order valence-electron chi connectivity index (χ4n) is 8.09. The number of nitrogens with one attached hydrogen (secondary N) is 1. The highest BCUT2D eigenvalue weighted by atomic mass is 79.9. The number of nitrogens with zero attached hydrogens (tertiary/aromatic N) is 2. The zero-order valence-corrected chi connectivity index (χ0v) is 23.4. The van der Waals surface area contributed by atoms with Crippen molar-refractivity contribution in [3.05, 3.63) is 87.3 Å². The molecule has 5 nitrogen and oxygen atoms in total. The summed E-state index contributed by atoms with van der Waals surface area (Å²) < 4.78 is 8.87. The van der Waals surface area contributed by atoms with Crippen LogP contribution >= 0.6 is 15.9 Å². The van der Waals surface area contributed by atoms with Gasteiger partial charge in [-0.1, -0.05) is 28.1 Å². The number of furan rings is 1. The molecule has 2 aromatic carbocycles. The largest absolute Gasteiger partial charge is 0.451 e. The molecule has 4 fully saturated rings. The molecule has 0 spiro atoms. The van der Waals surface area contributed by atoms with E-state index in [4.69, 9.17) is 4.42 Å². The van der Waals surface area contributed by atoms with E-state index >= 15 is 0 Å². The SMILES string of the molecule is Cc1cc(/C=N/NC(=O)c2cc3cc(Br)ccc3o2)c(C)n1-c1ccc(C23CC4CC(CC(C4)C2)C3)cc1. The van der Waals surface area contributed by atoms with Gasteiger partial charge >= 0.3 is 5.91 Å². The topological polar surface area (TPSA) is 59.5 Å². The van der Waals surface area contributed by atoms with Gasteiger partial charge in [0.25, 0.3) is 0 Å². The highest BCUT2D eigenvalue weighted by Gasteiger charge is 2.51. The van der Waals surface area contributed by atoms with Crippen molar-refractivity contribution in [2.75, 3.05) is 0 Å². The number of hydrogen-bond acceptors (Lipinski definition) is 3. The number of benzene rings is 2. The number of hydrogen-bond donors (Lipinski definition) is 1. The highest BCUT2D eigenvalue weighted by molar-refractivity contribution is 9.10. The maximum Gasteiger partial charge on any atom is 0.307 e. The standard InChI is InChI=1S/C32H32BrN3O2/c1-19-9-25(18-34-35-31(37)30-14-24-13-27(33)5-8-29(24)38-30)20(2)36(19)28-6-3-26(4-7-28)32-15-21-10-22(16-32)12-23(11-21)17-32/h3-9,13-14,18,21-23H,10-12,15-17H2,1-2H3,(H,35,37)/b34-18+. The Morgan fingerprint density at radius 2 is 1.68 bits per heavy atom. The van der Waals surface area contributed by atoms with Gasteiger partial charge in [-0.3, -0.25) is 4.79 Å². The Bertz CT molecular complexity index is 1540. The second kappa shape index (κ2) is 8.98. The van der Waals surface area contributed by atoms with Crippen LogP contribution in [-0.4, -0.2) is 16.7 Å². The number of hydrazone groups is 1. The number of carbonyl (C=O) groups excluding carboxylic acids is 1. The number of halogens is 1. The summed E-state index contributed by atoms with van der Waals surface area (Å²) in [6.45, 7) is 4.21. The fraction of sp³-hybridized carbons (Fsp3) is 0.375. The molecule has 0 saturated heterocycles. The average Bonchev–Trinajstić information content (AvgIpc) is 3.43. The third-order valence-electron chi connectivity index (χ3n) is 9.32. The Morgan fingerprint density at radius 1 is 1.00 bits per heavy atom. The number of carbonyl (C=O) groups is 1. The van der Waals surface area contributed by atoms with Crippen molar-refractivity contribution in [3.63, 3.8) is 0 Å². The lowest BCUT2D eigenvalue weighted by Gasteiger charge is -2.57. The number of aromatic nitrogens is 1. The maximum absolute atomic E-state index is 12.6. The molecular weight excluding hydrogens is 538 g/mol. The van der Waals surface area contributed by atoms with Gasteiger partial charge in [0, 0.05) is 32.5 Å². The molecule has 8 rings (SSSR count). The molecule has 4 aliphatic rings. The molecule has 38 heavy (non-hydrogen) atoms. The van der Waals surface area contributed by atoms with Crippen LogP contribution in [0, 0.1) is 31.6 Å². The molecular formula is C32H32BrN3O2. The van der Waals surface area contributed by atoms with Gasteiger partial charge in [-0.05, 0) is 124 Å². The van der Waals surface area contributed by atoms with Gasteiger partial charge in [0.05, 0.1) is 6.21 Å². The molecule has 194 valence electrons. The number of amides is 1. The van der Waals surface area contributed by atoms with Crippen LogP contribution in [0.25, 0.3) is 16.7 Å². The zero-order chi connectivity index (χ0) is 26.0. The third-order valence-corrected chi connectivity index (χ3v) is 9.81. The molecule has 4 aromatic rings. The first-order chi connectivity index (χ1) is 18.4. The van der Waals surface area contributed by atoms with Crippen molar-refractivity contribution in [2.45, 2.75) is 57.8 Å². The molecule has 4 saturated carbocycles. The maximum atomic E-state index is 12.6. The van der Waals surface area contributed by atoms with Crippen molar-refractivity contribution in [1.29, 1.82) is 0 Å². The van der Waals surface area contributed by atoms with E-state index in [-0.39, 0.29) is 11.7 Å². The Morgan fingerprint density at radius 3 is 2.37 bits per heavy atom. The van der Waals surface area contributed by atoms with E-state index in [1.807, 2.05) is 18.2 Å². The van der Waals surface area contributed by atoms with Gasteiger partial charge in [-0.25, -0.2) is 5.43 Å². The summed E-state index contributed by atoms with van der Waals surface area (Å²) in [4.78, 5) is 12.6. The van der Waals surface area contributed by atoms with E-state index in [1.165, 1.54) is 44.2 Å². The molecule has 4 aliphatic carbocycles. The minimum absolute atomic E-state index is 0.236. The van der Waals surface area contributed by atoms with Crippen LogP contribution in [-0.2, 0) is 5.41 Å². The summed E-state index contributed by atoms with van der Waals surface area (Å²) in [6.07, 6.45) is 10.3. The summed E-state index contributed by atoms with van der Waals surface area (Å²) in [5.74, 6) is 2.71. The Labute approximate surface area is 231 Å². The first-order valence-electron chi connectivity index (χ1n) is 13.7. The van der Waals surface area contributed by atoms with Gasteiger partial charge in [-0.15, -0.1) is 0 Å². The molecule has 0 radical (unpaired) electrons. The van der Waals surface area contributed by atoms with Crippen LogP contribution in [0.1, 0.15) is 71.6 Å². The van der Waals surface area contributed by atoms with Gasteiger partial charge in [0.2, 0.25) is 0 Å². The predicted octanol–water partition coefficient (Wildman–Crippen LogP) is 7.83. The average molecular weight is 571 g/mol. The van der Waals surface area contributed by atoms with Gasteiger partial charge in [0.15, 0.2) is 5.76 Å². The van der Waals surface area contributed by atoms with Crippen molar-refractivity contribution in [2.24, 2.45) is 22.9 Å². The van der Waals surface area contributed by atoms with Crippen molar-refractivity contribution in [1.82, 2.24) is 9.99 Å². The zero-order valence-electron chi connectivity index (χ0n) is 21.8. The van der Waals surface area contributed by atoms with Crippen LogP contribution in [0.5, 0.6) is 0 Å². The summed E-state index contributed by atoms with van der Waals surface area (Å²) in [7, 11) is 0. The van der Waals surface area contributed by atoms with Gasteiger partial charge < -0.3 is 8.98 Å². The normalized spacial score (nSPS) is 26.0. The van der Waals surface area contributed by atoms with E-state index in [1.54, 1.807) is 17.8 Å². The summed E-state index contributed by atoms with van der Waals surface area (Å²) in [5.41, 5.74) is 9.61. The van der Waals surface area contributed by atoms with Crippen LogP contribution in [0.2, 0.25) is 0 Å². The molecule has 2 aromatic heterocycles. The van der Waals surface area contributed by atoms with E-state index < -0.39 is 0 Å². The van der Waals surface area contributed by atoms with Crippen molar-refractivity contribution < 1.29 is 9.21 Å². The van der Waals surface area contributed by atoms with Crippen LogP contribution in [0.15, 0.2) is 68.6 Å². The van der Waals surface area contributed by atoms with E-state index in [2.05, 4.69) is 75.2 Å². The van der Waals surface area contributed by atoms with Gasteiger partial charge in [-0.2, -0.15) is 5.10 Å². The lowest BCUT2D eigenvalue weighted by Crippen LogP contribution is -2.48. The second-order valence-corrected chi connectivity index (χ2v) is 12.8. The molecule has 2 heterocycles. The monoisotopic (exact) mass is 569 g/mol. The fourth-order valence-corrected chi connectivity index (χ4v) is 8.46. The number of aryl methyl sites for hydroxylation is 1. The summed E-state index contributed by atoms with van der Waals surface area (Å²) >= 11 is 3.45. The van der Waals surface area contributed by atoms with E-state index in [0.29, 0.717) is 11.0 Å². The van der Waals surface area contributed by atoms with Crippen LogP contribution in [0.3, 0.4) is 0 Å². The number of fused-ring (bicyclic) bond motifs is 1. The molecule has 0 unspecified atom stereocenters. The van der Waals surface area contributed by atoms with E-state index in [9.17, 15) is 4.79 Å². The smallest absolute Gasteiger partial charge is 0.307 e. The second-order valence-electron chi connectivity index (χ2n) is 11.9. The first kappa shape index (κ1) is 24.0. The minimum Gasteiger partial charge on any atom is -0.451 e.